The maximum atomic E-state index is 14.2. The molecule has 0 unspecified atom stereocenters. The van der Waals surface area contributed by atoms with E-state index in [1.165, 1.54) is 43.7 Å². The highest BCUT2D eigenvalue weighted by molar-refractivity contribution is 5.50. The molecule has 31 heavy (non-hydrogen) atoms. The van der Waals surface area contributed by atoms with Crippen LogP contribution >= 0.6 is 0 Å². The Morgan fingerprint density at radius 3 is 2.39 bits per heavy atom. The van der Waals surface area contributed by atoms with Crippen LogP contribution in [-0.2, 0) is 6.42 Å². The first kappa shape index (κ1) is 23.2. The van der Waals surface area contributed by atoms with Crippen molar-refractivity contribution in [1.29, 1.82) is 0 Å². The molecule has 1 fully saturated rings. The van der Waals surface area contributed by atoms with Crippen LogP contribution in [0, 0.1) is 17.6 Å². The van der Waals surface area contributed by atoms with Crippen LogP contribution in [0.15, 0.2) is 55.1 Å². The number of benzene rings is 2. The van der Waals surface area contributed by atoms with Gasteiger partial charge in [-0.1, -0.05) is 48.6 Å². The third kappa shape index (κ3) is 6.53. The van der Waals surface area contributed by atoms with E-state index >= 15 is 0 Å². The Morgan fingerprint density at radius 2 is 1.71 bits per heavy atom. The molecule has 1 nitrogen and oxygen atoms in total. The molecule has 0 spiro atoms. The molecule has 0 aliphatic heterocycles. The smallest absolute Gasteiger partial charge is 0.200 e. The molecule has 1 saturated carbocycles. The van der Waals surface area contributed by atoms with Crippen LogP contribution < -0.4 is 4.74 Å². The molecule has 166 valence electrons. The zero-order chi connectivity index (χ0) is 22.1. The summed E-state index contributed by atoms with van der Waals surface area (Å²) in [7, 11) is 0. The van der Waals surface area contributed by atoms with Gasteiger partial charge in [0.05, 0.1) is 6.61 Å². The van der Waals surface area contributed by atoms with E-state index in [-0.39, 0.29) is 5.75 Å². The quantitative estimate of drug-likeness (QED) is 0.349. The molecular weight excluding hydrogens is 390 g/mol. The van der Waals surface area contributed by atoms with Gasteiger partial charge in [0.25, 0.3) is 0 Å². The minimum atomic E-state index is -0.895. The number of hydrogen-bond acceptors (Lipinski definition) is 1. The molecule has 1 aliphatic carbocycles. The Labute approximate surface area is 185 Å². The lowest BCUT2D eigenvalue weighted by Crippen LogP contribution is -2.13. The van der Waals surface area contributed by atoms with Gasteiger partial charge in [0.1, 0.15) is 0 Å². The van der Waals surface area contributed by atoms with Crippen LogP contribution in [0.2, 0.25) is 0 Å². The topological polar surface area (TPSA) is 9.23 Å². The Hall–Kier alpha value is -2.42. The highest BCUT2D eigenvalue weighted by Crippen LogP contribution is 2.37. The van der Waals surface area contributed by atoms with E-state index in [0.717, 1.165) is 17.9 Å². The number of ether oxygens (including phenoxy) is 1. The molecule has 2 aromatic carbocycles. The van der Waals surface area contributed by atoms with Gasteiger partial charge in [-0.3, -0.25) is 0 Å². The van der Waals surface area contributed by atoms with Gasteiger partial charge >= 0.3 is 0 Å². The molecule has 3 heteroatoms. The van der Waals surface area contributed by atoms with Crippen LogP contribution in [0.5, 0.6) is 5.75 Å². The number of allylic oxidation sites excluding steroid dienone is 2. The Morgan fingerprint density at radius 1 is 0.968 bits per heavy atom. The van der Waals surface area contributed by atoms with Crippen LogP contribution in [0.3, 0.4) is 0 Å². The fraction of sp³-hybridized carbons (Fsp3) is 0.429. The minimum Gasteiger partial charge on any atom is -0.491 e. The predicted octanol–water partition coefficient (Wildman–Crippen LogP) is 8.25. The molecule has 0 N–H and O–H groups in total. The molecular formula is C28H34F2O. The fourth-order valence-corrected chi connectivity index (χ4v) is 4.51. The van der Waals surface area contributed by atoms with Gasteiger partial charge in [0, 0.05) is 0 Å². The standard InChI is InChI=1S/C28H34F2O/c1-3-5-8-21-11-15-23(16-12-21)24-17-13-22(14-18-24)9-6-7-10-25-19-20-26(31-4-2)28(30)27(25)29/h3,6,9,13-14,17-21,23H,1,4-5,7-8,10-12,15-16H2,2H3/b9-6+. The van der Waals surface area contributed by atoms with Crippen molar-refractivity contribution in [3.8, 4) is 5.75 Å². The third-order valence-electron chi connectivity index (χ3n) is 6.35. The van der Waals surface area contributed by atoms with Crippen LogP contribution in [0.1, 0.15) is 74.5 Å². The van der Waals surface area contributed by atoms with Crippen molar-refractivity contribution in [3.63, 3.8) is 0 Å². The molecule has 0 amide bonds. The summed E-state index contributed by atoms with van der Waals surface area (Å²) >= 11 is 0. The molecule has 0 heterocycles. The normalized spacial score (nSPS) is 18.9. The summed E-state index contributed by atoms with van der Waals surface area (Å²) in [5.41, 5.74) is 2.96. The van der Waals surface area contributed by atoms with Crippen molar-refractivity contribution in [1.82, 2.24) is 0 Å². The van der Waals surface area contributed by atoms with E-state index in [2.05, 4.69) is 36.9 Å². The van der Waals surface area contributed by atoms with Crippen molar-refractivity contribution in [2.24, 2.45) is 5.92 Å². The van der Waals surface area contributed by atoms with E-state index in [1.807, 2.05) is 12.2 Å². The molecule has 1 aliphatic rings. The van der Waals surface area contributed by atoms with Crippen molar-refractivity contribution >= 4 is 6.08 Å². The summed E-state index contributed by atoms with van der Waals surface area (Å²) in [6, 6.07) is 11.9. The van der Waals surface area contributed by atoms with E-state index in [4.69, 9.17) is 4.74 Å². The van der Waals surface area contributed by atoms with Crippen molar-refractivity contribution in [3.05, 3.63) is 83.5 Å². The molecule has 0 aromatic heterocycles. The van der Waals surface area contributed by atoms with Gasteiger partial charge in [-0.25, -0.2) is 4.39 Å². The Kier molecular flexibility index (Phi) is 8.87. The Balaban J connectivity index is 1.48. The highest BCUT2D eigenvalue weighted by atomic mass is 19.2. The predicted molar refractivity (Wildman–Crippen MR) is 125 cm³/mol. The summed E-state index contributed by atoms with van der Waals surface area (Å²) in [6.07, 6.45) is 14.8. The lowest BCUT2D eigenvalue weighted by molar-refractivity contribution is 0.312. The first-order valence-electron chi connectivity index (χ1n) is 11.6. The zero-order valence-electron chi connectivity index (χ0n) is 18.6. The summed E-state index contributed by atoms with van der Waals surface area (Å²) in [5, 5.41) is 0. The van der Waals surface area contributed by atoms with Gasteiger partial charge in [-0.05, 0) is 92.9 Å². The summed E-state index contributed by atoms with van der Waals surface area (Å²) in [6.45, 7) is 5.90. The summed E-state index contributed by atoms with van der Waals surface area (Å²) in [4.78, 5) is 0. The lowest BCUT2D eigenvalue weighted by atomic mass is 9.77. The number of aryl methyl sites for hydroxylation is 1. The second-order valence-corrected chi connectivity index (χ2v) is 8.48. The van der Waals surface area contributed by atoms with Crippen molar-refractivity contribution in [2.75, 3.05) is 6.61 Å². The first-order valence-corrected chi connectivity index (χ1v) is 11.6. The zero-order valence-corrected chi connectivity index (χ0v) is 18.6. The molecule has 0 saturated heterocycles. The van der Waals surface area contributed by atoms with Gasteiger partial charge in [0.2, 0.25) is 5.82 Å². The van der Waals surface area contributed by atoms with E-state index in [1.54, 1.807) is 13.0 Å². The molecule has 2 aromatic rings. The minimum absolute atomic E-state index is 0.0235. The SMILES string of the molecule is C=CCCC1CCC(c2ccc(/C=C/CCc3ccc(OCC)c(F)c3F)cc2)CC1. The number of halogens is 2. The maximum Gasteiger partial charge on any atom is 0.200 e. The van der Waals surface area contributed by atoms with Gasteiger partial charge < -0.3 is 4.74 Å². The molecule has 0 bridgehead atoms. The monoisotopic (exact) mass is 424 g/mol. The molecule has 3 rings (SSSR count). The van der Waals surface area contributed by atoms with E-state index < -0.39 is 11.6 Å². The van der Waals surface area contributed by atoms with Gasteiger partial charge in [-0.15, -0.1) is 6.58 Å². The van der Waals surface area contributed by atoms with Gasteiger partial charge in [-0.2, -0.15) is 4.39 Å². The maximum absolute atomic E-state index is 14.2. The first-order chi connectivity index (χ1) is 15.1. The average Bonchev–Trinajstić information content (AvgIpc) is 2.80. The van der Waals surface area contributed by atoms with E-state index in [9.17, 15) is 8.78 Å². The summed E-state index contributed by atoms with van der Waals surface area (Å²) in [5.74, 6) is -0.179. The second-order valence-electron chi connectivity index (χ2n) is 8.48. The van der Waals surface area contributed by atoms with Crippen molar-refractivity contribution < 1.29 is 13.5 Å². The highest BCUT2D eigenvalue weighted by Gasteiger charge is 2.21. The second kappa shape index (κ2) is 11.8. The van der Waals surface area contributed by atoms with Crippen molar-refractivity contribution in [2.45, 2.75) is 64.2 Å². The van der Waals surface area contributed by atoms with E-state index in [0.29, 0.717) is 30.9 Å². The lowest BCUT2D eigenvalue weighted by Gasteiger charge is -2.28. The summed E-state index contributed by atoms with van der Waals surface area (Å²) < 4.78 is 33.2. The molecule has 0 radical (unpaired) electrons. The fourth-order valence-electron chi connectivity index (χ4n) is 4.51. The Bertz CT molecular complexity index is 861. The van der Waals surface area contributed by atoms with Crippen LogP contribution in [-0.4, -0.2) is 6.61 Å². The average molecular weight is 425 g/mol. The molecule has 0 atom stereocenters. The third-order valence-corrected chi connectivity index (χ3v) is 6.35. The number of rotatable bonds is 10. The number of hydrogen-bond donors (Lipinski definition) is 0. The van der Waals surface area contributed by atoms with Crippen LogP contribution in [0.25, 0.3) is 6.08 Å². The largest absolute Gasteiger partial charge is 0.491 e. The van der Waals surface area contributed by atoms with Gasteiger partial charge in [0.15, 0.2) is 11.6 Å². The van der Waals surface area contributed by atoms with Crippen LogP contribution in [0.4, 0.5) is 8.78 Å².